The molecule has 0 spiro atoms. The van der Waals surface area contributed by atoms with Gasteiger partial charge in [-0.15, -0.1) is 11.3 Å². The lowest BCUT2D eigenvalue weighted by Gasteiger charge is -2.03. The number of aromatic nitrogens is 1. The molecular weight excluding hydrogens is 268 g/mol. The maximum absolute atomic E-state index is 6.06. The molecule has 3 rings (SSSR count). The molecule has 0 aromatic carbocycles. The van der Waals surface area contributed by atoms with E-state index < -0.39 is 0 Å². The van der Waals surface area contributed by atoms with Crippen LogP contribution in [0.15, 0.2) is 21.9 Å². The van der Waals surface area contributed by atoms with Gasteiger partial charge in [-0.25, -0.2) is 4.98 Å². The Morgan fingerprint density at radius 2 is 2.18 bits per heavy atom. The van der Waals surface area contributed by atoms with Gasteiger partial charge in [0.05, 0.1) is 4.88 Å². The zero-order valence-corrected chi connectivity index (χ0v) is 11.8. The van der Waals surface area contributed by atoms with Crippen LogP contribution in [0.4, 0.5) is 5.00 Å². The molecular formula is C12H14N2S3. The Kier molecular flexibility index (Phi) is 3.40. The molecule has 1 aliphatic rings. The summed E-state index contributed by atoms with van der Waals surface area (Å²) in [5, 5.41) is 3.68. The molecule has 1 aliphatic carbocycles. The van der Waals surface area contributed by atoms with E-state index in [9.17, 15) is 0 Å². The van der Waals surface area contributed by atoms with E-state index in [0.29, 0.717) is 0 Å². The zero-order chi connectivity index (χ0) is 11.7. The van der Waals surface area contributed by atoms with Gasteiger partial charge in [-0.05, 0) is 24.3 Å². The van der Waals surface area contributed by atoms with Gasteiger partial charge in [-0.2, -0.15) is 0 Å². The Hall–Kier alpha value is -0.520. The molecule has 2 N–H and O–H groups in total. The highest BCUT2D eigenvalue weighted by atomic mass is 32.2. The molecule has 2 heterocycles. The van der Waals surface area contributed by atoms with E-state index in [1.54, 1.807) is 22.7 Å². The highest BCUT2D eigenvalue weighted by Gasteiger charge is 2.19. The number of thioether (sulfide) groups is 1. The summed E-state index contributed by atoms with van der Waals surface area (Å²) in [6.45, 7) is 0. The Balaban J connectivity index is 1.80. The molecule has 5 heteroatoms. The van der Waals surface area contributed by atoms with Gasteiger partial charge >= 0.3 is 0 Å². The molecule has 0 amide bonds. The van der Waals surface area contributed by atoms with Crippen LogP contribution >= 0.6 is 34.4 Å². The SMILES string of the molecule is Nc1sc(SC2CCCC2)nc1-c1cccs1. The topological polar surface area (TPSA) is 38.9 Å². The molecule has 90 valence electrons. The van der Waals surface area contributed by atoms with E-state index in [0.717, 1.165) is 20.3 Å². The lowest BCUT2D eigenvalue weighted by atomic mass is 10.4. The Labute approximate surface area is 113 Å². The highest BCUT2D eigenvalue weighted by Crippen LogP contribution is 2.41. The van der Waals surface area contributed by atoms with Crippen LogP contribution in [-0.4, -0.2) is 10.2 Å². The maximum Gasteiger partial charge on any atom is 0.152 e. The largest absolute Gasteiger partial charge is 0.389 e. The van der Waals surface area contributed by atoms with Crippen molar-refractivity contribution in [1.82, 2.24) is 4.98 Å². The third kappa shape index (κ3) is 2.51. The smallest absolute Gasteiger partial charge is 0.152 e. The first-order chi connectivity index (χ1) is 8.33. The quantitative estimate of drug-likeness (QED) is 0.901. The number of thiophene rings is 1. The molecule has 0 atom stereocenters. The van der Waals surface area contributed by atoms with E-state index in [1.165, 1.54) is 30.6 Å². The van der Waals surface area contributed by atoms with Gasteiger partial charge in [-0.3, -0.25) is 0 Å². The van der Waals surface area contributed by atoms with Crippen LogP contribution in [-0.2, 0) is 0 Å². The molecule has 1 fully saturated rings. The molecule has 0 saturated heterocycles. The summed E-state index contributed by atoms with van der Waals surface area (Å²) in [6, 6.07) is 4.13. The molecule has 17 heavy (non-hydrogen) atoms. The Morgan fingerprint density at radius 3 is 2.88 bits per heavy atom. The Bertz CT molecular complexity index is 484. The van der Waals surface area contributed by atoms with Gasteiger partial charge in [0.1, 0.15) is 10.7 Å². The summed E-state index contributed by atoms with van der Waals surface area (Å²) in [5.74, 6) is 0. The first-order valence-corrected chi connectivity index (χ1v) is 8.37. The average Bonchev–Trinajstić information content (AvgIpc) is 3.00. The maximum atomic E-state index is 6.06. The number of rotatable bonds is 3. The van der Waals surface area contributed by atoms with Gasteiger partial charge in [0, 0.05) is 5.25 Å². The number of nitrogens with zero attached hydrogens (tertiary/aromatic N) is 1. The molecule has 0 aliphatic heterocycles. The van der Waals surface area contributed by atoms with Crippen LogP contribution in [0.3, 0.4) is 0 Å². The molecule has 2 aromatic heterocycles. The minimum Gasteiger partial charge on any atom is -0.389 e. The third-order valence-electron chi connectivity index (χ3n) is 2.96. The van der Waals surface area contributed by atoms with Crippen molar-refractivity contribution in [1.29, 1.82) is 0 Å². The van der Waals surface area contributed by atoms with Crippen LogP contribution in [0.1, 0.15) is 25.7 Å². The summed E-state index contributed by atoms with van der Waals surface area (Å²) in [7, 11) is 0. The Morgan fingerprint density at radius 1 is 1.35 bits per heavy atom. The van der Waals surface area contributed by atoms with Gasteiger partial charge in [0.15, 0.2) is 4.34 Å². The number of nitrogen functional groups attached to an aromatic ring is 1. The molecule has 0 bridgehead atoms. The number of anilines is 1. The van der Waals surface area contributed by atoms with Crippen molar-refractivity contribution in [3.63, 3.8) is 0 Å². The lowest BCUT2D eigenvalue weighted by molar-refractivity contribution is 0.886. The molecule has 1 saturated carbocycles. The zero-order valence-electron chi connectivity index (χ0n) is 9.39. The second-order valence-corrected chi connectivity index (χ2v) is 7.72. The highest BCUT2D eigenvalue weighted by molar-refractivity contribution is 8.01. The van der Waals surface area contributed by atoms with E-state index in [1.807, 2.05) is 17.8 Å². The normalized spacial score (nSPS) is 16.7. The van der Waals surface area contributed by atoms with Gasteiger partial charge < -0.3 is 5.73 Å². The van der Waals surface area contributed by atoms with E-state index in [2.05, 4.69) is 16.4 Å². The summed E-state index contributed by atoms with van der Waals surface area (Å²) >= 11 is 5.25. The van der Waals surface area contributed by atoms with Crippen LogP contribution < -0.4 is 5.73 Å². The van der Waals surface area contributed by atoms with E-state index >= 15 is 0 Å². The fraction of sp³-hybridized carbons (Fsp3) is 0.417. The summed E-state index contributed by atoms with van der Waals surface area (Å²) in [6.07, 6.45) is 5.41. The van der Waals surface area contributed by atoms with Crippen LogP contribution in [0.2, 0.25) is 0 Å². The standard InChI is InChI=1S/C12H14N2S3/c13-11-10(9-6-3-7-15-9)14-12(17-11)16-8-4-1-2-5-8/h3,6-8H,1-2,4-5,13H2. The van der Waals surface area contributed by atoms with Crippen molar-refractivity contribution in [2.75, 3.05) is 5.73 Å². The van der Waals surface area contributed by atoms with Crippen LogP contribution in [0.25, 0.3) is 10.6 Å². The van der Waals surface area contributed by atoms with Crippen molar-refractivity contribution >= 4 is 39.4 Å². The van der Waals surface area contributed by atoms with E-state index in [-0.39, 0.29) is 0 Å². The number of nitrogens with two attached hydrogens (primary N) is 1. The third-order valence-corrected chi connectivity index (χ3v) is 6.15. The predicted octanol–water partition coefficient (Wildman–Crippen LogP) is 4.49. The van der Waals surface area contributed by atoms with Crippen molar-refractivity contribution in [3.05, 3.63) is 17.5 Å². The fourth-order valence-corrected chi connectivity index (χ4v) is 5.34. The van der Waals surface area contributed by atoms with E-state index in [4.69, 9.17) is 5.73 Å². The minimum atomic E-state index is 0.761. The first-order valence-electron chi connectivity index (χ1n) is 5.80. The fourth-order valence-electron chi connectivity index (χ4n) is 2.10. The van der Waals surface area contributed by atoms with Crippen LogP contribution in [0.5, 0.6) is 0 Å². The summed E-state index contributed by atoms with van der Waals surface area (Å²) < 4.78 is 1.14. The molecule has 2 aromatic rings. The van der Waals surface area contributed by atoms with Gasteiger partial charge in [0.2, 0.25) is 0 Å². The first kappa shape index (κ1) is 11.6. The minimum absolute atomic E-state index is 0.761. The molecule has 0 unspecified atom stereocenters. The number of hydrogen-bond donors (Lipinski definition) is 1. The average molecular weight is 282 g/mol. The number of thiazole rings is 1. The second-order valence-electron chi connectivity index (χ2n) is 4.19. The molecule has 2 nitrogen and oxygen atoms in total. The monoisotopic (exact) mass is 282 g/mol. The number of hydrogen-bond acceptors (Lipinski definition) is 5. The van der Waals surface area contributed by atoms with Crippen molar-refractivity contribution in [2.45, 2.75) is 35.3 Å². The van der Waals surface area contributed by atoms with Crippen molar-refractivity contribution in [2.24, 2.45) is 0 Å². The van der Waals surface area contributed by atoms with Crippen molar-refractivity contribution < 1.29 is 0 Å². The second kappa shape index (κ2) is 5.00. The summed E-state index contributed by atoms with van der Waals surface area (Å²) in [4.78, 5) is 5.86. The van der Waals surface area contributed by atoms with Gasteiger partial charge in [0.25, 0.3) is 0 Å². The molecule has 0 radical (unpaired) electrons. The lowest BCUT2D eigenvalue weighted by Crippen LogP contribution is -1.92. The van der Waals surface area contributed by atoms with Crippen LogP contribution in [0, 0.1) is 0 Å². The van der Waals surface area contributed by atoms with Crippen molar-refractivity contribution in [3.8, 4) is 10.6 Å². The predicted molar refractivity (Wildman–Crippen MR) is 78.0 cm³/mol. The summed E-state index contributed by atoms with van der Waals surface area (Å²) in [5.41, 5.74) is 7.03. The van der Waals surface area contributed by atoms with Gasteiger partial charge in [-0.1, -0.05) is 42.0 Å².